The Morgan fingerprint density at radius 3 is 2.61 bits per heavy atom. The number of aromatic nitrogens is 3. The Hall–Kier alpha value is -2.95. The summed E-state index contributed by atoms with van der Waals surface area (Å²) in [5.74, 6) is 2.14. The lowest BCUT2D eigenvalue weighted by atomic mass is 10.2. The molecule has 1 N–H and O–H groups in total. The Morgan fingerprint density at radius 1 is 1.00 bits per heavy atom. The predicted molar refractivity (Wildman–Crippen MR) is 91.0 cm³/mol. The summed E-state index contributed by atoms with van der Waals surface area (Å²) in [7, 11) is 1.66. The molecule has 0 bridgehead atoms. The fourth-order valence-electron chi connectivity index (χ4n) is 2.24. The third-order valence-corrected chi connectivity index (χ3v) is 3.46. The number of benzene rings is 1. The summed E-state index contributed by atoms with van der Waals surface area (Å²) >= 11 is 0. The summed E-state index contributed by atoms with van der Waals surface area (Å²) in [5, 5.41) is 3.34. The number of hydrogen-bond donors (Lipinski definition) is 1. The monoisotopic (exact) mass is 306 g/mol. The van der Waals surface area contributed by atoms with Gasteiger partial charge in [0.1, 0.15) is 17.3 Å². The van der Waals surface area contributed by atoms with Crippen molar-refractivity contribution < 1.29 is 4.74 Å². The summed E-state index contributed by atoms with van der Waals surface area (Å²) in [6.07, 6.45) is 1.74. The highest BCUT2D eigenvalue weighted by molar-refractivity contribution is 5.64. The fraction of sp³-hybridized carbons (Fsp3) is 0.167. The van der Waals surface area contributed by atoms with Crippen LogP contribution in [-0.4, -0.2) is 22.1 Å². The Labute approximate surface area is 135 Å². The van der Waals surface area contributed by atoms with Gasteiger partial charge in [-0.05, 0) is 37.6 Å². The quantitative estimate of drug-likeness (QED) is 0.792. The van der Waals surface area contributed by atoms with Crippen molar-refractivity contribution in [2.75, 3.05) is 12.4 Å². The van der Waals surface area contributed by atoms with E-state index in [1.54, 1.807) is 13.3 Å². The van der Waals surface area contributed by atoms with E-state index >= 15 is 0 Å². The average molecular weight is 306 g/mol. The highest BCUT2D eigenvalue weighted by atomic mass is 16.5. The molecule has 0 unspecified atom stereocenters. The molecule has 116 valence electrons. The lowest BCUT2D eigenvalue weighted by molar-refractivity contribution is 0.415. The van der Waals surface area contributed by atoms with E-state index < -0.39 is 0 Å². The summed E-state index contributed by atoms with van der Waals surface area (Å²) in [6, 6.07) is 13.5. The summed E-state index contributed by atoms with van der Waals surface area (Å²) in [5.41, 5.74) is 3.70. The number of pyridine rings is 1. The maximum absolute atomic E-state index is 5.28. The van der Waals surface area contributed by atoms with Crippen LogP contribution in [0, 0.1) is 13.8 Å². The SMILES string of the molecule is COc1ccc(C)c(Nc2cc(C)nc(-c3ccccn3)n2)c1. The van der Waals surface area contributed by atoms with Crippen LogP contribution in [0.25, 0.3) is 11.5 Å². The fourth-order valence-corrected chi connectivity index (χ4v) is 2.24. The van der Waals surface area contributed by atoms with E-state index in [-0.39, 0.29) is 0 Å². The number of anilines is 2. The van der Waals surface area contributed by atoms with E-state index in [1.165, 1.54) is 0 Å². The smallest absolute Gasteiger partial charge is 0.180 e. The van der Waals surface area contributed by atoms with Crippen molar-refractivity contribution in [3.05, 3.63) is 59.9 Å². The minimum absolute atomic E-state index is 0.605. The molecule has 0 aliphatic rings. The molecule has 0 saturated carbocycles. The molecule has 0 fully saturated rings. The number of ether oxygens (including phenoxy) is 1. The van der Waals surface area contributed by atoms with Gasteiger partial charge in [-0.3, -0.25) is 4.98 Å². The van der Waals surface area contributed by atoms with Crippen LogP contribution in [0.1, 0.15) is 11.3 Å². The van der Waals surface area contributed by atoms with Crippen LogP contribution in [0.15, 0.2) is 48.7 Å². The second kappa shape index (κ2) is 6.44. The van der Waals surface area contributed by atoms with Crippen LogP contribution in [-0.2, 0) is 0 Å². The Morgan fingerprint density at radius 2 is 1.87 bits per heavy atom. The van der Waals surface area contributed by atoms with E-state index in [0.717, 1.165) is 34.2 Å². The molecule has 3 rings (SSSR count). The van der Waals surface area contributed by atoms with Crippen molar-refractivity contribution in [2.45, 2.75) is 13.8 Å². The molecule has 0 amide bonds. The Balaban J connectivity index is 1.96. The zero-order chi connectivity index (χ0) is 16.2. The van der Waals surface area contributed by atoms with Crippen LogP contribution in [0.2, 0.25) is 0 Å². The molecule has 3 aromatic rings. The summed E-state index contributed by atoms with van der Waals surface area (Å²) in [4.78, 5) is 13.3. The van der Waals surface area contributed by atoms with Crippen molar-refractivity contribution in [3.8, 4) is 17.3 Å². The van der Waals surface area contributed by atoms with E-state index in [4.69, 9.17) is 4.74 Å². The van der Waals surface area contributed by atoms with Crippen LogP contribution in [0.4, 0.5) is 11.5 Å². The molecular formula is C18H18N4O. The zero-order valence-corrected chi connectivity index (χ0v) is 13.4. The molecule has 0 atom stereocenters. The first-order valence-corrected chi connectivity index (χ1v) is 7.34. The predicted octanol–water partition coefficient (Wildman–Crippen LogP) is 3.91. The van der Waals surface area contributed by atoms with Crippen molar-refractivity contribution in [3.63, 3.8) is 0 Å². The van der Waals surface area contributed by atoms with Gasteiger partial charge in [-0.1, -0.05) is 12.1 Å². The molecule has 5 nitrogen and oxygen atoms in total. The van der Waals surface area contributed by atoms with E-state index in [0.29, 0.717) is 5.82 Å². The number of methoxy groups -OCH3 is 1. The molecule has 2 aromatic heterocycles. The number of nitrogens with zero attached hydrogens (tertiary/aromatic N) is 3. The number of rotatable bonds is 4. The van der Waals surface area contributed by atoms with Crippen LogP contribution >= 0.6 is 0 Å². The van der Waals surface area contributed by atoms with Crippen molar-refractivity contribution in [2.24, 2.45) is 0 Å². The van der Waals surface area contributed by atoms with Gasteiger partial charge in [-0.25, -0.2) is 9.97 Å². The molecule has 23 heavy (non-hydrogen) atoms. The third kappa shape index (κ3) is 3.45. The highest BCUT2D eigenvalue weighted by Gasteiger charge is 2.08. The second-order valence-corrected chi connectivity index (χ2v) is 5.24. The number of nitrogens with one attached hydrogen (secondary N) is 1. The molecule has 0 aliphatic carbocycles. The molecule has 0 saturated heterocycles. The Bertz CT molecular complexity index is 819. The molecule has 0 aliphatic heterocycles. The summed E-state index contributed by atoms with van der Waals surface area (Å²) < 4.78 is 5.28. The largest absolute Gasteiger partial charge is 0.497 e. The number of aryl methyl sites for hydroxylation is 2. The average Bonchev–Trinajstić information content (AvgIpc) is 2.57. The molecule has 5 heteroatoms. The van der Waals surface area contributed by atoms with Crippen LogP contribution < -0.4 is 10.1 Å². The lowest BCUT2D eigenvalue weighted by Gasteiger charge is -2.12. The molecular weight excluding hydrogens is 288 g/mol. The van der Waals surface area contributed by atoms with Gasteiger partial charge in [0.25, 0.3) is 0 Å². The van der Waals surface area contributed by atoms with Gasteiger partial charge in [0.15, 0.2) is 5.82 Å². The molecule has 0 spiro atoms. The first-order valence-electron chi connectivity index (χ1n) is 7.34. The Kier molecular flexibility index (Phi) is 4.19. The normalized spacial score (nSPS) is 10.4. The second-order valence-electron chi connectivity index (χ2n) is 5.24. The maximum atomic E-state index is 5.28. The number of hydrogen-bond acceptors (Lipinski definition) is 5. The standard InChI is InChI=1S/C18H18N4O/c1-12-7-8-14(23-3)11-16(12)21-17-10-13(2)20-18(22-17)15-6-4-5-9-19-15/h4-11H,1-3H3,(H,20,21,22). The third-order valence-electron chi connectivity index (χ3n) is 3.46. The van der Waals surface area contributed by atoms with Crippen molar-refractivity contribution >= 4 is 11.5 Å². The van der Waals surface area contributed by atoms with Crippen LogP contribution in [0.3, 0.4) is 0 Å². The van der Waals surface area contributed by atoms with Gasteiger partial charge in [-0.15, -0.1) is 0 Å². The van der Waals surface area contributed by atoms with Gasteiger partial charge in [0, 0.05) is 29.7 Å². The van der Waals surface area contributed by atoms with Crippen LogP contribution in [0.5, 0.6) is 5.75 Å². The first-order chi connectivity index (χ1) is 11.2. The lowest BCUT2D eigenvalue weighted by Crippen LogP contribution is -2.01. The van der Waals surface area contributed by atoms with E-state index in [9.17, 15) is 0 Å². The van der Waals surface area contributed by atoms with Gasteiger partial charge >= 0.3 is 0 Å². The van der Waals surface area contributed by atoms with E-state index in [2.05, 4.69) is 20.3 Å². The zero-order valence-electron chi connectivity index (χ0n) is 13.4. The van der Waals surface area contributed by atoms with Gasteiger partial charge in [0.2, 0.25) is 0 Å². The maximum Gasteiger partial charge on any atom is 0.180 e. The highest BCUT2D eigenvalue weighted by Crippen LogP contribution is 2.25. The van der Waals surface area contributed by atoms with Gasteiger partial charge < -0.3 is 10.1 Å². The summed E-state index contributed by atoms with van der Waals surface area (Å²) in [6.45, 7) is 3.98. The molecule has 2 heterocycles. The van der Waals surface area contributed by atoms with Crippen molar-refractivity contribution in [1.82, 2.24) is 15.0 Å². The molecule has 0 radical (unpaired) electrons. The van der Waals surface area contributed by atoms with Gasteiger partial charge in [-0.2, -0.15) is 0 Å². The minimum Gasteiger partial charge on any atom is -0.497 e. The topological polar surface area (TPSA) is 59.9 Å². The van der Waals surface area contributed by atoms with Crippen molar-refractivity contribution in [1.29, 1.82) is 0 Å². The molecule has 1 aromatic carbocycles. The van der Waals surface area contributed by atoms with E-state index in [1.807, 2.05) is 56.3 Å². The first kappa shape index (κ1) is 15.0. The minimum atomic E-state index is 0.605. The van der Waals surface area contributed by atoms with Gasteiger partial charge in [0.05, 0.1) is 7.11 Å².